The largest absolute Gasteiger partial charge is 0.871 e. The average molecular weight is 379 g/mol. The smallest absolute Gasteiger partial charge is 0.274 e. The van der Waals surface area contributed by atoms with Crippen LogP contribution in [-0.4, -0.2) is 16.1 Å². The van der Waals surface area contributed by atoms with Gasteiger partial charge >= 0.3 is 0 Å². The van der Waals surface area contributed by atoms with Crippen LogP contribution < -0.4 is 5.11 Å². The van der Waals surface area contributed by atoms with Gasteiger partial charge in [-0.3, -0.25) is 25.2 Å². The van der Waals surface area contributed by atoms with Gasteiger partial charge in [0, 0.05) is 28.9 Å². The molecule has 118 valence electrons. The van der Waals surface area contributed by atoms with Gasteiger partial charge < -0.3 is 5.11 Å². The van der Waals surface area contributed by atoms with Crippen LogP contribution in [0.1, 0.15) is 11.1 Å². The SMILES string of the molecule is Cc1c(N=Cc2cc([N+](=O)[O-])cc(Br)c2[O-])cccc1[N+](=O)[O-]. The molecule has 9 heteroatoms. The molecule has 0 unspecified atom stereocenters. The van der Waals surface area contributed by atoms with E-state index in [4.69, 9.17) is 0 Å². The zero-order valence-corrected chi connectivity index (χ0v) is 13.3. The van der Waals surface area contributed by atoms with Crippen molar-refractivity contribution in [2.75, 3.05) is 0 Å². The average Bonchev–Trinajstić information content (AvgIpc) is 2.49. The summed E-state index contributed by atoms with van der Waals surface area (Å²) in [6, 6.07) is 6.58. The highest BCUT2D eigenvalue weighted by Gasteiger charge is 2.13. The Morgan fingerprint density at radius 1 is 1.17 bits per heavy atom. The van der Waals surface area contributed by atoms with E-state index < -0.39 is 15.6 Å². The van der Waals surface area contributed by atoms with Gasteiger partial charge in [0.25, 0.3) is 11.4 Å². The number of hydrogen-bond acceptors (Lipinski definition) is 6. The van der Waals surface area contributed by atoms with Crippen molar-refractivity contribution in [3.63, 3.8) is 0 Å². The summed E-state index contributed by atoms with van der Waals surface area (Å²) in [6.45, 7) is 1.53. The van der Waals surface area contributed by atoms with E-state index >= 15 is 0 Å². The summed E-state index contributed by atoms with van der Waals surface area (Å²) in [4.78, 5) is 24.6. The predicted octanol–water partition coefficient (Wildman–Crippen LogP) is 3.40. The Bertz CT molecular complexity index is 835. The first kappa shape index (κ1) is 16.6. The first-order chi connectivity index (χ1) is 10.8. The molecule has 0 bridgehead atoms. The lowest BCUT2D eigenvalue weighted by Gasteiger charge is -2.12. The fourth-order valence-electron chi connectivity index (χ4n) is 1.89. The van der Waals surface area contributed by atoms with Gasteiger partial charge in [0.2, 0.25) is 0 Å². The normalized spacial score (nSPS) is 10.9. The molecule has 8 nitrogen and oxygen atoms in total. The van der Waals surface area contributed by atoms with E-state index in [1.165, 1.54) is 19.1 Å². The Morgan fingerprint density at radius 2 is 1.87 bits per heavy atom. The summed E-state index contributed by atoms with van der Waals surface area (Å²) >= 11 is 2.97. The van der Waals surface area contributed by atoms with E-state index in [2.05, 4.69) is 20.9 Å². The molecule has 0 aliphatic carbocycles. The van der Waals surface area contributed by atoms with E-state index in [1.54, 1.807) is 6.07 Å². The minimum atomic E-state index is -0.625. The topological polar surface area (TPSA) is 122 Å². The number of nitro groups is 2. The minimum absolute atomic E-state index is 0.0111. The van der Waals surface area contributed by atoms with Gasteiger partial charge in [0.05, 0.1) is 21.1 Å². The van der Waals surface area contributed by atoms with Crippen LogP contribution in [0.2, 0.25) is 0 Å². The number of benzene rings is 2. The van der Waals surface area contributed by atoms with Gasteiger partial charge in [-0.25, -0.2) is 0 Å². The summed E-state index contributed by atoms with van der Waals surface area (Å²) in [5.41, 5.74) is 0.305. The third-order valence-corrected chi connectivity index (χ3v) is 3.67. The number of rotatable bonds is 4. The highest BCUT2D eigenvalue weighted by atomic mass is 79.9. The van der Waals surface area contributed by atoms with Crippen molar-refractivity contribution in [1.82, 2.24) is 0 Å². The predicted molar refractivity (Wildman–Crippen MR) is 85.3 cm³/mol. The van der Waals surface area contributed by atoms with Crippen molar-refractivity contribution in [2.45, 2.75) is 6.92 Å². The second kappa shape index (κ2) is 6.53. The lowest BCUT2D eigenvalue weighted by Crippen LogP contribution is -2.00. The zero-order valence-electron chi connectivity index (χ0n) is 11.7. The van der Waals surface area contributed by atoms with Gasteiger partial charge in [0.15, 0.2) is 0 Å². The molecule has 0 amide bonds. The summed E-state index contributed by atoms with van der Waals surface area (Å²) in [6.07, 6.45) is 1.16. The Kier molecular flexibility index (Phi) is 4.70. The molecule has 2 rings (SSSR count). The minimum Gasteiger partial charge on any atom is -0.871 e. The number of nitro benzene ring substituents is 2. The van der Waals surface area contributed by atoms with Crippen molar-refractivity contribution in [3.05, 3.63) is 66.2 Å². The fourth-order valence-corrected chi connectivity index (χ4v) is 2.35. The van der Waals surface area contributed by atoms with E-state index in [0.29, 0.717) is 11.3 Å². The summed E-state index contributed by atoms with van der Waals surface area (Å²) in [5, 5.41) is 33.7. The maximum Gasteiger partial charge on any atom is 0.274 e. The number of nitrogens with zero attached hydrogens (tertiary/aromatic N) is 3. The molecule has 0 N–H and O–H groups in total. The zero-order chi connectivity index (χ0) is 17.1. The van der Waals surface area contributed by atoms with Crippen molar-refractivity contribution in [1.29, 1.82) is 0 Å². The third kappa shape index (κ3) is 3.51. The molecule has 0 saturated carbocycles. The van der Waals surface area contributed by atoms with Crippen LogP contribution in [0.25, 0.3) is 0 Å². The molecule has 2 aromatic carbocycles. The Morgan fingerprint density at radius 3 is 2.48 bits per heavy atom. The van der Waals surface area contributed by atoms with Gasteiger partial charge in [-0.05, 0) is 18.6 Å². The van der Waals surface area contributed by atoms with Gasteiger partial charge in [0.1, 0.15) is 0 Å². The molecule has 0 spiro atoms. The van der Waals surface area contributed by atoms with Crippen LogP contribution in [0.5, 0.6) is 5.75 Å². The molecule has 23 heavy (non-hydrogen) atoms. The summed E-state index contributed by atoms with van der Waals surface area (Å²) in [7, 11) is 0. The lowest BCUT2D eigenvalue weighted by atomic mass is 10.1. The maximum absolute atomic E-state index is 12.0. The Hall–Kier alpha value is -2.81. The molecular weight excluding hydrogens is 370 g/mol. The summed E-state index contributed by atoms with van der Waals surface area (Å²) < 4.78 is 0.0453. The molecular formula is C14H9BrN3O5-. The highest BCUT2D eigenvalue weighted by molar-refractivity contribution is 9.10. The highest BCUT2D eigenvalue weighted by Crippen LogP contribution is 2.31. The van der Waals surface area contributed by atoms with Gasteiger partial charge in [-0.2, -0.15) is 0 Å². The number of halogens is 1. The monoisotopic (exact) mass is 378 g/mol. The fraction of sp³-hybridized carbons (Fsp3) is 0.0714. The second-order valence-electron chi connectivity index (χ2n) is 4.54. The van der Waals surface area contributed by atoms with E-state index in [-0.39, 0.29) is 21.4 Å². The second-order valence-corrected chi connectivity index (χ2v) is 5.39. The van der Waals surface area contributed by atoms with Crippen LogP contribution in [0.3, 0.4) is 0 Å². The molecule has 2 aromatic rings. The van der Waals surface area contributed by atoms with E-state index in [0.717, 1.165) is 18.3 Å². The molecule has 0 saturated heterocycles. The van der Waals surface area contributed by atoms with E-state index in [9.17, 15) is 25.3 Å². The van der Waals surface area contributed by atoms with Crippen molar-refractivity contribution < 1.29 is 15.0 Å². The summed E-state index contributed by atoms with van der Waals surface area (Å²) in [5.74, 6) is -0.456. The van der Waals surface area contributed by atoms with Crippen LogP contribution in [0.4, 0.5) is 17.1 Å². The molecule has 0 fully saturated rings. The lowest BCUT2D eigenvalue weighted by molar-refractivity contribution is -0.385. The van der Waals surface area contributed by atoms with Gasteiger partial charge in [-0.15, -0.1) is 0 Å². The van der Waals surface area contributed by atoms with Gasteiger partial charge in [-0.1, -0.05) is 27.7 Å². The molecule has 0 aromatic heterocycles. The maximum atomic E-state index is 12.0. The Labute approximate surface area is 138 Å². The molecule has 0 radical (unpaired) electrons. The quantitative estimate of drug-likeness (QED) is 0.458. The number of aliphatic imine (C=N–C) groups is 1. The Balaban J connectivity index is 2.47. The molecule has 0 aliphatic heterocycles. The van der Waals surface area contributed by atoms with Crippen LogP contribution in [-0.2, 0) is 0 Å². The van der Waals surface area contributed by atoms with Crippen LogP contribution in [0.15, 0.2) is 39.8 Å². The van der Waals surface area contributed by atoms with Crippen LogP contribution >= 0.6 is 15.9 Å². The third-order valence-electron chi connectivity index (χ3n) is 3.08. The standard InChI is InChI=1S/C14H10BrN3O5/c1-8-12(3-2-4-13(8)18(22)23)16-7-9-5-10(17(20)21)6-11(15)14(9)19/h2-7,19H,1H3/p-1. The van der Waals surface area contributed by atoms with Crippen molar-refractivity contribution in [3.8, 4) is 5.75 Å². The first-order valence-electron chi connectivity index (χ1n) is 6.24. The molecule has 0 atom stereocenters. The number of non-ortho nitro benzene ring substituents is 1. The first-order valence-corrected chi connectivity index (χ1v) is 7.03. The van der Waals surface area contributed by atoms with Crippen LogP contribution in [0, 0.1) is 27.2 Å². The molecule has 0 heterocycles. The molecule has 0 aliphatic rings. The van der Waals surface area contributed by atoms with Crippen molar-refractivity contribution >= 4 is 39.2 Å². The van der Waals surface area contributed by atoms with Crippen molar-refractivity contribution in [2.24, 2.45) is 4.99 Å². The number of hydrogen-bond donors (Lipinski definition) is 0. The van der Waals surface area contributed by atoms with E-state index in [1.807, 2.05) is 0 Å².